The number of nitro groups is 1. The quantitative estimate of drug-likeness (QED) is 0.630. The lowest BCUT2D eigenvalue weighted by atomic mass is 10.0. The fourth-order valence-corrected chi connectivity index (χ4v) is 2.70. The molecule has 1 saturated heterocycles. The minimum Gasteiger partial charge on any atom is -0.490 e. The highest BCUT2D eigenvalue weighted by Crippen LogP contribution is 2.35. The van der Waals surface area contributed by atoms with E-state index in [4.69, 9.17) is 4.74 Å². The van der Waals surface area contributed by atoms with E-state index in [1.165, 1.54) is 13.2 Å². The molecule has 0 amide bonds. The van der Waals surface area contributed by atoms with Gasteiger partial charge in [-0.15, -0.1) is 0 Å². The molecule has 0 aliphatic carbocycles. The normalized spacial score (nSPS) is 16.3. The molecule has 6 nitrogen and oxygen atoms in total. The second-order valence-corrected chi connectivity index (χ2v) is 5.41. The molecule has 0 atom stereocenters. The van der Waals surface area contributed by atoms with Crippen molar-refractivity contribution >= 4 is 11.4 Å². The molecule has 1 aromatic carbocycles. The van der Waals surface area contributed by atoms with E-state index in [0.717, 1.165) is 32.0 Å². The molecule has 21 heavy (non-hydrogen) atoms. The summed E-state index contributed by atoms with van der Waals surface area (Å²) in [7, 11) is 5.42. The first kappa shape index (κ1) is 15.5. The van der Waals surface area contributed by atoms with Crippen molar-refractivity contribution in [1.82, 2.24) is 4.90 Å². The molecule has 0 spiro atoms. The van der Waals surface area contributed by atoms with Crippen LogP contribution in [0.1, 0.15) is 12.8 Å². The van der Waals surface area contributed by atoms with Crippen LogP contribution in [0.5, 0.6) is 5.75 Å². The van der Waals surface area contributed by atoms with Gasteiger partial charge in [-0.3, -0.25) is 10.1 Å². The van der Waals surface area contributed by atoms with Crippen LogP contribution in [0.2, 0.25) is 0 Å². The molecule has 116 valence electrons. The van der Waals surface area contributed by atoms with Gasteiger partial charge in [0.2, 0.25) is 0 Å². The third-order valence-corrected chi connectivity index (χ3v) is 3.98. The van der Waals surface area contributed by atoms with E-state index in [1.807, 2.05) is 19.0 Å². The molecular weight excluding hydrogens is 277 g/mol. The van der Waals surface area contributed by atoms with Crippen LogP contribution in [-0.2, 0) is 0 Å². The number of piperidine rings is 1. The predicted molar refractivity (Wildman–Crippen MR) is 78.5 cm³/mol. The van der Waals surface area contributed by atoms with Crippen molar-refractivity contribution in [1.29, 1.82) is 0 Å². The van der Waals surface area contributed by atoms with Crippen LogP contribution in [0, 0.1) is 15.9 Å². The number of ether oxygens (including phenoxy) is 1. The molecular formula is C14H20FN3O3. The molecule has 0 unspecified atom stereocenters. The summed E-state index contributed by atoms with van der Waals surface area (Å²) in [6.45, 7) is 1.45. The summed E-state index contributed by atoms with van der Waals surface area (Å²) in [5.41, 5.74) is 0.0246. The zero-order valence-corrected chi connectivity index (χ0v) is 12.5. The lowest BCUT2D eigenvalue weighted by Crippen LogP contribution is -2.42. The molecule has 1 fully saturated rings. The summed E-state index contributed by atoms with van der Waals surface area (Å²) >= 11 is 0. The van der Waals surface area contributed by atoms with Gasteiger partial charge in [0.05, 0.1) is 23.8 Å². The standard InChI is InChI=1S/C14H20FN3O3/c1-16(2)10-4-6-17(7-5-10)12-9-14(21-3)13(18(19)20)8-11(12)15/h8-10H,4-7H2,1-3H3. The number of hydrogen-bond donors (Lipinski definition) is 0. The van der Waals surface area contributed by atoms with Gasteiger partial charge < -0.3 is 14.5 Å². The second-order valence-electron chi connectivity index (χ2n) is 5.41. The Hall–Kier alpha value is -1.89. The van der Waals surface area contributed by atoms with Crippen molar-refractivity contribution < 1.29 is 14.1 Å². The third-order valence-electron chi connectivity index (χ3n) is 3.98. The Labute approximate surface area is 123 Å². The summed E-state index contributed by atoms with van der Waals surface area (Å²) < 4.78 is 19.2. The van der Waals surface area contributed by atoms with E-state index in [2.05, 4.69) is 4.90 Å². The van der Waals surface area contributed by atoms with Gasteiger partial charge in [0.25, 0.3) is 0 Å². The van der Waals surface area contributed by atoms with Crippen molar-refractivity contribution in [2.75, 3.05) is 39.2 Å². The number of halogens is 1. The lowest BCUT2D eigenvalue weighted by molar-refractivity contribution is -0.385. The van der Waals surface area contributed by atoms with Gasteiger partial charge in [0.1, 0.15) is 0 Å². The van der Waals surface area contributed by atoms with E-state index >= 15 is 0 Å². The van der Waals surface area contributed by atoms with Gasteiger partial charge in [-0.2, -0.15) is 0 Å². The Morgan fingerprint density at radius 1 is 1.38 bits per heavy atom. The fourth-order valence-electron chi connectivity index (χ4n) is 2.70. The second kappa shape index (κ2) is 6.26. The highest BCUT2D eigenvalue weighted by Gasteiger charge is 2.26. The van der Waals surface area contributed by atoms with Crippen molar-refractivity contribution in [2.24, 2.45) is 0 Å². The van der Waals surface area contributed by atoms with Gasteiger partial charge in [-0.25, -0.2) is 4.39 Å². The molecule has 1 aliphatic rings. The van der Waals surface area contributed by atoms with Gasteiger partial charge in [-0.1, -0.05) is 0 Å². The number of anilines is 1. The Morgan fingerprint density at radius 3 is 2.48 bits per heavy atom. The number of methoxy groups -OCH3 is 1. The fraction of sp³-hybridized carbons (Fsp3) is 0.571. The minimum absolute atomic E-state index is 0.0890. The van der Waals surface area contributed by atoms with Gasteiger partial charge in [0.15, 0.2) is 11.6 Å². The Bertz CT molecular complexity index is 528. The van der Waals surface area contributed by atoms with Crippen LogP contribution in [0.4, 0.5) is 15.8 Å². The predicted octanol–water partition coefficient (Wildman–Crippen LogP) is 2.27. The number of rotatable bonds is 4. The highest BCUT2D eigenvalue weighted by molar-refractivity contribution is 5.60. The Balaban J connectivity index is 2.23. The Morgan fingerprint density at radius 2 is 2.00 bits per heavy atom. The van der Waals surface area contributed by atoms with E-state index in [9.17, 15) is 14.5 Å². The molecule has 1 aliphatic heterocycles. The molecule has 0 radical (unpaired) electrons. The topological polar surface area (TPSA) is 58.8 Å². The minimum atomic E-state index is -0.635. The zero-order chi connectivity index (χ0) is 15.6. The number of benzene rings is 1. The van der Waals surface area contributed by atoms with E-state index in [1.54, 1.807) is 0 Å². The first-order chi connectivity index (χ1) is 9.93. The summed E-state index contributed by atoms with van der Waals surface area (Å²) in [6, 6.07) is 2.85. The monoisotopic (exact) mass is 297 g/mol. The van der Waals surface area contributed by atoms with E-state index in [0.29, 0.717) is 11.7 Å². The highest BCUT2D eigenvalue weighted by atomic mass is 19.1. The largest absolute Gasteiger partial charge is 0.490 e. The molecule has 0 bridgehead atoms. The van der Waals surface area contributed by atoms with E-state index in [-0.39, 0.29) is 11.4 Å². The van der Waals surface area contributed by atoms with E-state index < -0.39 is 10.7 Å². The van der Waals surface area contributed by atoms with Crippen molar-refractivity contribution in [3.8, 4) is 5.75 Å². The van der Waals surface area contributed by atoms with Crippen LogP contribution in [0.3, 0.4) is 0 Å². The number of nitro benzene ring substituents is 1. The zero-order valence-electron chi connectivity index (χ0n) is 12.5. The number of hydrogen-bond acceptors (Lipinski definition) is 5. The molecule has 0 N–H and O–H groups in total. The summed E-state index contributed by atoms with van der Waals surface area (Å²) in [5.74, 6) is -0.489. The molecule has 2 rings (SSSR count). The number of nitrogens with zero attached hydrogens (tertiary/aromatic N) is 3. The summed E-state index contributed by atoms with van der Waals surface area (Å²) in [5, 5.41) is 10.9. The van der Waals surface area contributed by atoms with Crippen LogP contribution in [-0.4, -0.2) is 50.2 Å². The van der Waals surface area contributed by atoms with Crippen molar-refractivity contribution in [3.05, 3.63) is 28.1 Å². The maximum atomic E-state index is 14.2. The first-order valence-corrected chi connectivity index (χ1v) is 6.87. The lowest BCUT2D eigenvalue weighted by Gasteiger charge is -2.36. The molecule has 1 aromatic rings. The summed E-state index contributed by atoms with van der Waals surface area (Å²) in [4.78, 5) is 14.3. The Kier molecular flexibility index (Phi) is 4.62. The SMILES string of the molecule is COc1cc(N2CCC(N(C)C)CC2)c(F)cc1[N+](=O)[O-]. The van der Waals surface area contributed by atoms with Crippen LogP contribution in [0.25, 0.3) is 0 Å². The molecule has 0 aromatic heterocycles. The van der Waals surface area contributed by atoms with Gasteiger partial charge in [-0.05, 0) is 26.9 Å². The summed E-state index contributed by atoms with van der Waals surface area (Å²) in [6.07, 6.45) is 1.87. The van der Waals surface area contributed by atoms with Gasteiger partial charge >= 0.3 is 5.69 Å². The maximum Gasteiger partial charge on any atom is 0.313 e. The molecule has 1 heterocycles. The first-order valence-electron chi connectivity index (χ1n) is 6.87. The van der Waals surface area contributed by atoms with Crippen LogP contribution >= 0.6 is 0 Å². The average molecular weight is 297 g/mol. The van der Waals surface area contributed by atoms with Crippen molar-refractivity contribution in [3.63, 3.8) is 0 Å². The average Bonchev–Trinajstić information content (AvgIpc) is 2.47. The molecule has 0 saturated carbocycles. The van der Waals surface area contributed by atoms with Gasteiger partial charge in [0, 0.05) is 25.2 Å². The smallest absolute Gasteiger partial charge is 0.313 e. The van der Waals surface area contributed by atoms with Crippen molar-refractivity contribution in [2.45, 2.75) is 18.9 Å². The molecule has 7 heteroatoms. The maximum absolute atomic E-state index is 14.2. The van der Waals surface area contributed by atoms with Crippen LogP contribution in [0.15, 0.2) is 12.1 Å². The van der Waals surface area contributed by atoms with Crippen LogP contribution < -0.4 is 9.64 Å². The third kappa shape index (κ3) is 3.24.